The molecule has 4 heteroatoms. The molecule has 1 atom stereocenters. The van der Waals surface area contributed by atoms with Crippen molar-refractivity contribution in [1.82, 2.24) is 0 Å². The number of halogens is 2. The number of fused-ring (bicyclic) bond motifs is 1. The van der Waals surface area contributed by atoms with Gasteiger partial charge in [0.25, 0.3) is 6.43 Å². The van der Waals surface area contributed by atoms with Gasteiger partial charge in [-0.05, 0) is 23.3 Å². The molecule has 0 saturated carbocycles. The van der Waals surface area contributed by atoms with Crippen LogP contribution in [0.3, 0.4) is 0 Å². The van der Waals surface area contributed by atoms with E-state index in [1.54, 1.807) is 12.1 Å². The highest BCUT2D eigenvalue weighted by Gasteiger charge is 2.21. The standard InChI is InChI=1S/C10H10F2O2/c11-10(12)9(13)7-1-2-8-6(5-7)3-4-14-8/h1-2,5,9-10,13H,3-4H2. The van der Waals surface area contributed by atoms with Crippen molar-refractivity contribution >= 4 is 0 Å². The summed E-state index contributed by atoms with van der Waals surface area (Å²) in [6.45, 7) is 0.587. The molecule has 0 aliphatic carbocycles. The molecule has 0 aromatic heterocycles. The van der Waals surface area contributed by atoms with Crippen molar-refractivity contribution < 1.29 is 18.6 Å². The molecule has 76 valence electrons. The summed E-state index contributed by atoms with van der Waals surface area (Å²) in [5.74, 6) is 0.732. The Balaban J connectivity index is 2.28. The van der Waals surface area contributed by atoms with E-state index in [0.717, 1.165) is 17.7 Å². The molecule has 0 amide bonds. The van der Waals surface area contributed by atoms with E-state index >= 15 is 0 Å². The van der Waals surface area contributed by atoms with Crippen LogP contribution in [-0.4, -0.2) is 18.1 Å². The van der Waals surface area contributed by atoms with E-state index in [1.165, 1.54) is 6.07 Å². The number of aliphatic hydroxyl groups is 1. The minimum Gasteiger partial charge on any atom is -0.493 e. The molecule has 0 fully saturated rings. The molecule has 14 heavy (non-hydrogen) atoms. The van der Waals surface area contributed by atoms with Gasteiger partial charge in [0.05, 0.1) is 6.61 Å². The first-order chi connectivity index (χ1) is 6.68. The lowest BCUT2D eigenvalue weighted by Crippen LogP contribution is -2.07. The molecule has 0 spiro atoms. The maximum atomic E-state index is 12.2. The maximum absolute atomic E-state index is 12.2. The highest BCUT2D eigenvalue weighted by atomic mass is 19.3. The number of aliphatic hydroxyl groups excluding tert-OH is 1. The summed E-state index contributed by atoms with van der Waals surface area (Å²) in [6, 6.07) is 4.68. The van der Waals surface area contributed by atoms with Crippen LogP contribution in [0.25, 0.3) is 0 Å². The van der Waals surface area contributed by atoms with Crippen molar-refractivity contribution in [3.8, 4) is 5.75 Å². The minimum atomic E-state index is -2.74. The van der Waals surface area contributed by atoms with Gasteiger partial charge < -0.3 is 9.84 Å². The van der Waals surface area contributed by atoms with E-state index in [0.29, 0.717) is 6.61 Å². The molecule has 1 N–H and O–H groups in total. The maximum Gasteiger partial charge on any atom is 0.268 e. The fourth-order valence-corrected chi connectivity index (χ4v) is 1.54. The molecule has 0 radical (unpaired) electrons. The topological polar surface area (TPSA) is 29.5 Å². The van der Waals surface area contributed by atoms with Gasteiger partial charge in [-0.25, -0.2) is 8.78 Å². The summed E-state index contributed by atoms with van der Waals surface area (Å²) in [6.07, 6.45) is -3.71. The van der Waals surface area contributed by atoms with Crippen LogP contribution in [0.5, 0.6) is 5.75 Å². The molecule has 0 bridgehead atoms. The lowest BCUT2D eigenvalue weighted by Gasteiger charge is -2.10. The van der Waals surface area contributed by atoms with Gasteiger partial charge in [0.1, 0.15) is 11.9 Å². The van der Waals surface area contributed by atoms with E-state index < -0.39 is 12.5 Å². The second-order valence-electron chi connectivity index (χ2n) is 3.24. The van der Waals surface area contributed by atoms with E-state index in [-0.39, 0.29) is 5.56 Å². The Bertz CT molecular complexity index is 339. The van der Waals surface area contributed by atoms with Crippen LogP contribution in [0.15, 0.2) is 18.2 Å². The van der Waals surface area contributed by atoms with E-state index in [9.17, 15) is 8.78 Å². The number of alkyl halides is 2. The lowest BCUT2D eigenvalue weighted by atomic mass is 10.0. The van der Waals surface area contributed by atoms with Crippen molar-refractivity contribution in [2.45, 2.75) is 19.0 Å². The average Bonchev–Trinajstić information content (AvgIpc) is 2.62. The Hall–Kier alpha value is -1.16. The lowest BCUT2D eigenvalue weighted by molar-refractivity contribution is -0.00581. The molecule has 1 aliphatic rings. The average molecular weight is 200 g/mol. The summed E-state index contributed by atoms with van der Waals surface area (Å²) in [5, 5.41) is 9.14. The summed E-state index contributed by atoms with van der Waals surface area (Å²) >= 11 is 0. The first kappa shape index (κ1) is 9.40. The highest BCUT2D eigenvalue weighted by Crippen LogP contribution is 2.29. The van der Waals surface area contributed by atoms with Crippen molar-refractivity contribution in [1.29, 1.82) is 0 Å². The van der Waals surface area contributed by atoms with Gasteiger partial charge in [-0.1, -0.05) is 6.07 Å². The molecular formula is C10H10F2O2. The third kappa shape index (κ3) is 1.57. The zero-order valence-corrected chi connectivity index (χ0v) is 7.41. The van der Waals surface area contributed by atoms with Gasteiger partial charge in [-0.3, -0.25) is 0 Å². The highest BCUT2D eigenvalue weighted by molar-refractivity contribution is 5.40. The van der Waals surface area contributed by atoms with Crippen molar-refractivity contribution in [3.63, 3.8) is 0 Å². The molecule has 1 heterocycles. The Labute approximate surface area is 80.1 Å². The fraction of sp³-hybridized carbons (Fsp3) is 0.400. The number of rotatable bonds is 2. The third-order valence-corrected chi connectivity index (χ3v) is 2.29. The summed E-state index contributed by atoms with van der Waals surface area (Å²) in [5.41, 5.74) is 1.14. The third-order valence-electron chi connectivity index (χ3n) is 2.29. The van der Waals surface area contributed by atoms with Crippen LogP contribution in [-0.2, 0) is 6.42 Å². The van der Waals surface area contributed by atoms with Crippen molar-refractivity contribution in [3.05, 3.63) is 29.3 Å². The Kier molecular flexibility index (Phi) is 2.37. The predicted octanol–water partition coefficient (Wildman–Crippen LogP) is 1.92. The Morgan fingerprint density at radius 1 is 1.36 bits per heavy atom. The van der Waals surface area contributed by atoms with Gasteiger partial charge in [0, 0.05) is 6.42 Å². The zero-order chi connectivity index (χ0) is 10.1. The van der Waals surface area contributed by atoms with Gasteiger partial charge >= 0.3 is 0 Å². The number of ether oxygens (including phenoxy) is 1. The van der Waals surface area contributed by atoms with Crippen LogP contribution >= 0.6 is 0 Å². The first-order valence-corrected chi connectivity index (χ1v) is 4.40. The smallest absolute Gasteiger partial charge is 0.268 e. The second kappa shape index (κ2) is 3.53. The van der Waals surface area contributed by atoms with Gasteiger partial charge in [-0.2, -0.15) is 0 Å². The Morgan fingerprint density at radius 3 is 2.86 bits per heavy atom. The summed E-state index contributed by atoms with van der Waals surface area (Å²) in [7, 11) is 0. The van der Waals surface area contributed by atoms with Crippen LogP contribution in [0.2, 0.25) is 0 Å². The SMILES string of the molecule is OC(c1ccc2c(c1)CCO2)C(F)F. The van der Waals surface area contributed by atoms with Gasteiger partial charge in [0.15, 0.2) is 0 Å². The van der Waals surface area contributed by atoms with Crippen LogP contribution in [0.1, 0.15) is 17.2 Å². The normalized spacial score (nSPS) is 16.6. The minimum absolute atomic E-state index is 0.254. The monoisotopic (exact) mass is 200 g/mol. The molecule has 2 nitrogen and oxygen atoms in total. The van der Waals surface area contributed by atoms with E-state index in [1.807, 2.05) is 0 Å². The first-order valence-electron chi connectivity index (χ1n) is 4.40. The molecule has 0 saturated heterocycles. The van der Waals surface area contributed by atoms with Crippen molar-refractivity contribution in [2.24, 2.45) is 0 Å². The van der Waals surface area contributed by atoms with Gasteiger partial charge in [-0.15, -0.1) is 0 Å². The van der Waals surface area contributed by atoms with Crippen molar-refractivity contribution in [2.75, 3.05) is 6.61 Å². The molecule has 1 aromatic carbocycles. The van der Waals surface area contributed by atoms with E-state index in [2.05, 4.69) is 0 Å². The molecule has 1 aromatic rings. The molecule has 1 aliphatic heterocycles. The summed E-state index contributed by atoms with van der Waals surface area (Å²) < 4.78 is 29.6. The predicted molar refractivity (Wildman–Crippen MR) is 46.6 cm³/mol. The Morgan fingerprint density at radius 2 is 2.14 bits per heavy atom. The van der Waals surface area contributed by atoms with Gasteiger partial charge in [0.2, 0.25) is 0 Å². The largest absolute Gasteiger partial charge is 0.493 e. The number of hydrogen-bond donors (Lipinski definition) is 1. The zero-order valence-electron chi connectivity index (χ0n) is 7.41. The molecule has 1 unspecified atom stereocenters. The van der Waals surface area contributed by atoms with Crippen LogP contribution < -0.4 is 4.74 Å². The molecular weight excluding hydrogens is 190 g/mol. The molecule has 2 rings (SSSR count). The van der Waals surface area contributed by atoms with Crippen LogP contribution in [0, 0.1) is 0 Å². The second-order valence-corrected chi connectivity index (χ2v) is 3.24. The fourth-order valence-electron chi connectivity index (χ4n) is 1.54. The van der Waals surface area contributed by atoms with Crippen LogP contribution in [0.4, 0.5) is 8.78 Å². The quantitative estimate of drug-likeness (QED) is 0.790. The number of benzene rings is 1. The van der Waals surface area contributed by atoms with E-state index in [4.69, 9.17) is 9.84 Å². The number of hydrogen-bond acceptors (Lipinski definition) is 2. The summed E-state index contributed by atoms with van der Waals surface area (Å²) in [4.78, 5) is 0.